The van der Waals surface area contributed by atoms with Crippen LogP contribution in [0.3, 0.4) is 0 Å². The van der Waals surface area contributed by atoms with Gasteiger partial charge < -0.3 is 9.84 Å². The number of rotatable bonds is 3. The molecule has 25 heavy (non-hydrogen) atoms. The standard InChI is InChI=1S/C17H16F4N2O2/c1-9-14(16(24)22-11-4-2-3-5-11)23-25-15(9)10-6-7-12(13(18)8-10)17(19,20)21/h6-8,11H,2-5H2,1H3,(H,22,24). The third-order valence-corrected chi connectivity index (χ3v) is 4.37. The highest BCUT2D eigenvalue weighted by molar-refractivity contribution is 5.95. The Balaban J connectivity index is 1.85. The van der Waals surface area contributed by atoms with Crippen molar-refractivity contribution in [2.24, 2.45) is 0 Å². The maximum Gasteiger partial charge on any atom is 0.419 e. The third-order valence-electron chi connectivity index (χ3n) is 4.37. The fourth-order valence-corrected chi connectivity index (χ4v) is 3.03. The Bertz CT molecular complexity index is 792. The molecule has 134 valence electrons. The average Bonchev–Trinajstić information content (AvgIpc) is 3.15. The van der Waals surface area contributed by atoms with E-state index in [-0.39, 0.29) is 23.1 Å². The second kappa shape index (κ2) is 6.50. The molecule has 1 aromatic carbocycles. The van der Waals surface area contributed by atoms with Crippen molar-refractivity contribution >= 4 is 5.91 Å². The van der Waals surface area contributed by atoms with E-state index in [1.165, 1.54) is 0 Å². The fourth-order valence-electron chi connectivity index (χ4n) is 3.03. The molecule has 0 atom stereocenters. The van der Waals surface area contributed by atoms with Crippen LogP contribution in [0.25, 0.3) is 11.3 Å². The molecule has 1 heterocycles. The monoisotopic (exact) mass is 356 g/mol. The highest BCUT2D eigenvalue weighted by Crippen LogP contribution is 2.34. The first kappa shape index (κ1) is 17.4. The van der Waals surface area contributed by atoms with Crippen LogP contribution in [0.15, 0.2) is 22.7 Å². The number of nitrogens with zero attached hydrogens (tertiary/aromatic N) is 1. The van der Waals surface area contributed by atoms with Gasteiger partial charge in [0, 0.05) is 17.2 Å². The van der Waals surface area contributed by atoms with Gasteiger partial charge in [0.15, 0.2) is 11.5 Å². The van der Waals surface area contributed by atoms with Gasteiger partial charge in [-0.2, -0.15) is 13.2 Å². The van der Waals surface area contributed by atoms with E-state index in [1.54, 1.807) is 6.92 Å². The van der Waals surface area contributed by atoms with Gasteiger partial charge in [0.2, 0.25) is 0 Å². The van der Waals surface area contributed by atoms with Crippen LogP contribution in [0.2, 0.25) is 0 Å². The summed E-state index contributed by atoms with van der Waals surface area (Å²) in [5.74, 6) is -1.73. The topological polar surface area (TPSA) is 55.1 Å². The number of alkyl halides is 3. The van der Waals surface area contributed by atoms with E-state index in [2.05, 4.69) is 10.5 Å². The van der Waals surface area contributed by atoms with Crippen LogP contribution in [-0.2, 0) is 6.18 Å². The molecule has 1 aliphatic rings. The number of carbonyl (C=O) groups excluding carboxylic acids is 1. The average molecular weight is 356 g/mol. The normalized spacial score (nSPS) is 15.6. The lowest BCUT2D eigenvalue weighted by molar-refractivity contribution is -0.139. The zero-order valence-corrected chi connectivity index (χ0v) is 13.4. The van der Waals surface area contributed by atoms with E-state index < -0.39 is 23.5 Å². The smallest absolute Gasteiger partial charge is 0.355 e. The first-order valence-electron chi connectivity index (χ1n) is 7.91. The van der Waals surface area contributed by atoms with Crippen LogP contribution >= 0.6 is 0 Å². The summed E-state index contributed by atoms with van der Waals surface area (Å²) in [5.41, 5.74) is -0.847. The largest absolute Gasteiger partial charge is 0.419 e. The molecule has 0 unspecified atom stereocenters. The van der Waals surface area contributed by atoms with E-state index in [9.17, 15) is 22.4 Å². The summed E-state index contributed by atoms with van der Waals surface area (Å²) in [5, 5.41) is 6.56. The van der Waals surface area contributed by atoms with Crippen molar-refractivity contribution in [1.29, 1.82) is 0 Å². The maximum atomic E-state index is 13.7. The zero-order valence-electron chi connectivity index (χ0n) is 13.4. The molecule has 0 spiro atoms. The van der Waals surface area contributed by atoms with E-state index in [0.29, 0.717) is 11.6 Å². The second-order valence-electron chi connectivity index (χ2n) is 6.13. The van der Waals surface area contributed by atoms with Crippen LogP contribution in [-0.4, -0.2) is 17.1 Å². The quantitative estimate of drug-likeness (QED) is 0.825. The molecule has 1 saturated carbocycles. The molecular formula is C17H16F4N2O2. The van der Waals surface area contributed by atoms with Crippen molar-refractivity contribution < 1.29 is 26.9 Å². The van der Waals surface area contributed by atoms with Crippen LogP contribution in [0.4, 0.5) is 17.6 Å². The maximum absolute atomic E-state index is 13.7. The van der Waals surface area contributed by atoms with Crippen molar-refractivity contribution in [3.8, 4) is 11.3 Å². The van der Waals surface area contributed by atoms with Crippen molar-refractivity contribution in [3.05, 3.63) is 40.8 Å². The number of amides is 1. The molecule has 0 bridgehead atoms. The van der Waals surface area contributed by atoms with Gasteiger partial charge in [-0.1, -0.05) is 24.1 Å². The molecule has 8 heteroatoms. The Morgan fingerprint density at radius 3 is 2.56 bits per heavy atom. The van der Waals surface area contributed by atoms with Gasteiger partial charge in [-0.25, -0.2) is 4.39 Å². The third kappa shape index (κ3) is 3.52. The molecule has 0 radical (unpaired) electrons. The van der Waals surface area contributed by atoms with E-state index in [0.717, 1.165) is 37.8 Å². The zero-order chi connectivity index (χ0) is 18.2. The number of hydrogen-bond donors (Lipinski definition) is 1. The number of hydrogen-bond acceptors (Lipinski definition) is 3. The number of carbonyl (C=O) groups is 1. The Kier molecular flexibility index (Phi) is 4.53. The molecule has 0 aliphatic heterocycles. The van der Waals surface area contributed by atoms with Gasteiger partial charge >= 0.3 is 6.18 Å². The van der Waals surface area contributed by atoms with E-state index >= 15 is 0 Å². The van der Waals surface area contributed by atoms with Gasteiger partial charge in [-0.15, -0.1) is 0 Å². The van der Waals surface area contributed by atoms with Gasteiger partial charge in [-0.3, -0.25) is 4.79 Å². The Morgan fingerprint density at radius 1 is 1.28 bits per heavy atom. The van der Waals surface area contributed by atoms with Crippen LogP contribution < -0.4 is 5.32 Å². The lowest BCUT2D eigenvalue weighted by Crippen LogP contribution is -2.33. The Morgan fingerprint density at radius 2 is 1.96 bits per heavy atom. The molecule has 1 fully saturated rings. The summed E-state index contributed by atoms with van der Waals surface area (Å²) in [6, 6.07) is 2.56. The Hall–Kier alpha value is -2.38. The van der Waals surface area contributed by atoms with Crippen LogP contribution in [0.5, 0.6) is 0 Å². The number of aromatic nitrogens is 1. The second-order valence-corrected chi connectivity index (χ2v) is 6.13. The minimum atomic E-state index is -4.77. The molecule has 4 nitrogen and oxygen atoms in total. The molecule has 1 aromatic heterocycles. The fraction of sp³-hybridized carbons (Fsp3) is 0.412. The van der Waals surface area contributed by atoms with Crippen LogP contribution in [0, 0.1) is 12.7 Å². The summed E-state index contributed by atoms with van der Waals surface area (Å²) in [6.07, 6.45) is -0.859. The van der Waals surface area contributed by atoms with E-state index in [4.69, 9.17) is 4.52 Å². The predicted octanol–water partition coefficient (Wildman–Crippen LogP) is 4.48. The highest BCUT2D eigenvalue weighted by atomic mass is 19.4. The summed E-state index contributed by atoms with van der Waals surface area (Å²) in [7, 11) is 0. The molecule has 1 N–H and O–H groups in total. The minimum absolute atomic E-state index is 0.0576. The summed E-state index contributed by atoms with van der Waals surface area (Å²) >= 11 is 0. The lowest BCUT2D eigenvalue weighted by Gasteiger charge is -2.10. The molecular weight excluding hydrogens is 340 g/mol. The van der Waals surface area contributed by atoms with Crippen molar-refractivity contribution in [1.82, 2.24) is 10.5 Å². The lowest BCUT2D eigenvalue weighted by atomic mass is 10.0. The minimum Gasteiger partial charge on any atom is -0.355 e. The molecule has 2 aromatic rings. The summed E-state index contributed by atoms with van der Waals surface area (Å²) in [4.78, 5) is 12.3. The number of nitrogens with one attached hydrogen (secondary N) is 1. The summed E-state index contributed by atoms with van der Waals surface area (Å²) < 4.78 is 56.7. The first-order valence-corrected chi connectivity index (χ1v) is 7.91. The first-order chi connectivity index (χ1) is 11.8. The number of halogens is 4. The van der Waals surface area contributed by atoms with Crippen molar-refractivity contribution in [2.75, 3.05) is 0 Å². The van der Waals surface area contributed by atoms with Gasteiger partial charge in [0.1, 0.15) is 5.82 Å². The molecule has 1 aliphatic carbocycles. The van der Waals surface area contributed by atoms with Crippen LogP contribution in [0.1, 0.15) is 47.3 Å². The van der Waals surface area contributed by atoms with E-state index in [1.807, 2.05) is 0 Å². The number of benzene rings is 1. The SMILES string of the molecule is Cc1c(C(=O)NC2CCCC2)noc1-c1ccc(C(F)(F)F)c(F)c1. The summed E-state index contributed by atoms with van der Waals surface area (Å²) in [6.45, 7) is 1.56. The van der Waals surface area contributed by atoms with Gasteiger partial charge in [-0.05, 0) is 31.9 Å². The molecule has 0 saturated heterocycles. The highest BCUT2D eigenvalue weighted by Gasteiger charge is 2.34. The predicted molar refractivity (Wildman–Crippen MR) is 81.4 cm³/mol. The Labute approximate surface area is 141 Å². The van der Waals surface area contributed by atoms with Gasteiger partial charge in [0.25, 0.3) is 5.91 Å². The van der Waals surface area contributed by atoms with Crippen molar-refractivity contribution in [2.45, 2.75) is 44.8 Å². The molecule has 3 rings (SSSR count). The molecule has 1 amide bonds. The van der Waals surface area contributed by atoms with Gasteiger partial charge in [0.05, 0.1) is 5.56 Å². The van der Waals surface area contributed by atoms with Crippen molar-refractivity contribution in [3.63, 3.8) is 0 Å².